The fourth-order valence-corrected chi connectivity index (χ4v) is 3.97. The topological polar surface area (TPSA) is 79.3 Å². The van der Waals surface area contributed by atoms with E-state index in [0.717, 1.165) is 35.9 Å². The van der Waals surface area contributed by atoms with Crippen molar-refractivity contribution in [3.05, 3.63) is 50.7 Å². The zero-order chi connectivity index (χ0) is 18.0. The number of aryl methyl sites for hydroxylation is 1. The van der Waals surface area contributed by atoms with Crippen molar-refractivity contribution in [2.45, 2.75) is 25.2 Å². The molecule has 25 heavy (non-hydrogen) atoms. The van der Waals surface area contributed by atoms with Crippen LogP contribution in [0.3, 0.4) is 0 Å². The van der Waals surface area contributed by atoms with E-state index >= 15 is 0 Å². The summed E-state index contributed by atoms with van der Waals surface area (Å²) in [6.45, 7) is 0. The van der Waals surface area contributed by atoms with Crippen molar-refractivity contribution in [3.63, 3.8) is 0 Å². The number of carbonyl (C=O) groups excluding carboxylic acids is 1. The Morgan fingerprint density at radius 3 is 2.92 bits per heavy atom. The monoisotopic (exact) mass is 360 g/mol. The van der Waals surface area contributed by atoms with Crippen molar-refractivity contribution >= 4 is 35.4 Å². The molecule has 5 nitrogen and oxygen atoms in total. The molecule has 2 N–H and O–H groups in total. The molecule has 0 aliphatic heterocycles. The molecule has 0 saturated heterocycles. The number of carboxylic acid groups (broad SMARTS) is 1. The van der Waals surface area contributed by atoms with Gasteiger partial charge in [-0.05, 0) is 49.6 Å². The maximum Gasteiger partial charge on any atom is 0.335 e. The van der Waals surface area contributed by atoms with Crippen molar-refractivity contribution in [3.8, 4) is 0 Å². The Balaban J connectivity index is 1.88. The number of rotatable bonds is 4. The van der Waals surface area contributed by atoms with E-state index in [-0.39, 0.29) is 23.0 Å². The van der Waals surface area contributed by atoms with Crippen molar-refractivity contribution in [2.75, 3.05) is 7.05 Å². The maximum atomic E-state index is 13.9. The van der Waals surface area contributed by atoms with Crippen LogP contribution < -0.4 is 5.32 Å². The molecule has 130 valence electrons. The lowest BCUT2D eigenvalue weighted by molar-refractivity contribution is -0.122. The number of aromatic nitrogens is 1. The average molecular weight is 360 g/mol. The number of nitrogens with one attached hydrogen (secondary N) is 1. The summed E-state index contributed by atoms with van der Waals surface area (Å²) in [5, 5.41) is 12.4. The molecule has 1 atom stereocenters. The van der Waals surface area contributed by atoms with Crippen LogP contribution >= 0.6 is 11.3 Å². The number of thiazole rings is 1. The Bertz CT molecular complexity index is 860. The fraction of sp³-hybridized carbons (Fsp3) is 0.278. The second-order valence-electron chi connectivity index (χ2n) is 5.79. The van der Waals surface area contributed by atoms with E-state index in [9.17, 15) is 14.0 Å². The summed E-state index contributed by atoms with van der Waals surface area (Å²) in [6.07, 6.45) is 5.77. The van der Waals surface area contributed by atoms with E-state index in [0.29, 0.717) is 5.01 Å². The van der Waals surface area contributed by atoms with E-state index in [2.05, 4.69) is 10.3 Å². The van der Waals surface area contributed by atoms with E-state index in [1.54, 1.807) is 13.1 Å². The van der Waals surface area contributed by atoms with Crippen LogP contribution in [0.2, 0.25) is 0 Å². The standard InChI is InChI=1S/C18H17FN2O3S/c1-20-17(22)12-3-2-4-14-16(12)21-15(25-14)8-6-10-9-11(18(23)24)5-7-13(10)19/h5-9,12H,2-4H2,1H3,(H,20,22)(H,23,24). The van der Waals surface area contributed by atoms with Crippen molar-refractivity contribution in [1.29, 1.82) is 0 Å². The number of likely N-dealkylation sites (N-methyl/N-ethyl adjacent to an activating group) is 1. The summed E-state index contributed by atoms with van der Waals surface area (Å²) in [5.74, 6) is -1.88. The van der Waals surface area contributed by atoms with Gasteiger partial charge in [0.05, 0.1) is 17.2 Å². The molecule has 0 bridgehead atoms. The highest BCUT2D eigenvalue weighted by Crippen LogP contribution is 2.35. The Labute approximate surface area is 148 Å². The summed E-state index contributed by atoms with van der Waals surface area (Å²) in [6, 6.07) is 3.65. The number of carboxylic acids is 1. The van der Waals surface area contributed by atoms with E-state index in [1.807, 2.05) is 0 Å². The van der Waals surface area contributed by atoms with Crippen LogP contribution in [-0.2, 0) is 11.2 Å². The van der Waals surface area contributed by atoms with Crippen LogP contribution in [0.1, 0.15) is 50.3 Å². The molecule has 0 radical (unpaired) electrons. The molecular weight excluding hydrogens is 343 g/mol. The summed E-state index contributed by atoms with van der Waals surface area (Å²) < 4.78 is 13.9. The highest BCUT2D eigenvalue weighted by Gasteiger charge is 2.29. The Hall–Kier alpha value is -2.54. The smallest absolute Gasteiger partial charge is 0.335 e. The molecule has 1 heterocycles. The van der Waals surface area contributed by atoms with Crippen molar-refractivity contribution in [1.82, 2.24) is 10.3 Å². The molecule has 3 rings (SSSR count). The van der Waals surface area contributed by atoms with Gasteiger partial charge in [0.1, 0.15) is 10.8 Å². The van der Waals surface area contributed by atoms with Crippen LogP contribution in [0, 0.1) is 5.82 Å². The molecule has 1 aromatic heterocycles. The van der Waals surface area contributed by atoms with Crippen LogP contribution in [0.5, 0.6) is 0 Å². The molecule has 2 aromatic rings. The van der Waals surface area contributed by atoms with Crippen molar-refractivity contribution in [2.24, 2.45) is 0 Å². The molecule has 0 fully saturated rings. The first-order valence-electron chi connectivity index (χ1n) is 7.91. The SMILES string of the molecule is CNC(=O)C1CCCc2sc(C=Cc3cc(C(=O)O)ccc3F)nc21. The minimum absolute atomic E-state index is 0.0270. The first kappa shape index (κ1) is 17.3. The van der Waals surface area contributed by atoms with Crippen LogP contribution in [-0.4, -0.2) is 29.0 Å². The van der Waals surface area contributed by atoms with Gasteiger partial charge in [0.25, 0.3) is 0 Å². The first-order valence-corrected chi connectivity index (χ1v) is 8.73. The molecule has 0 spiro atoms. The Morgan fingerprint density at radius 2 is 2.20 bits per heavy atom. The van der Waals surface area contributed by atoms with Gasteiger partial charge in [0.2, 0.25) is 5.91 Å². The lowest BCUT2D eigenvalue weighted by atomic mass is 9.90. The van der Waals surface area contributed by atoms with Gasteiger partial charge in [0.15, 0.2) is 0 Å². The zero-order valence-corrected chi connectivity index (χ0v) is 14.4. The third-order valence-electron chi connectivity index (χ3n) is 4.18. The second kappa shape index (κ2) is 7.14. The van der Waals surface area contributed by atoms with Gasteiger partial charge in [-0.15, -0.1) is 11.3 Å². The number of hydrogen-bond donors (Lipinski definition) is 2. The van der Waals surface area contributed by atoms with Crippen LogP contribution in [0.4, 0.5) is 4.39 Å². The molecule has 1 aliphatic rings. The molecule has 1 aromatic carbocycles. The number of fused-ring (bicyclic) bond motifs is 1. The van der Waals surface area contributed by atoms with Gasteiger partial charge >= 0.3 is 5.97 Å². The minimum atomic E-state index is -1.10. The number of amides is 1. The third kappa shape index (κ3) is 3.61. The molecule has 1 aliphatic carbocycles. The molecule has 7 heteroatoms. The number of hydrogen-bond acceptors (Lipinski definition) is 4. The lowest BCUT2D eigenvalue weighted by Crippen LogP contribution is -2.28. The Morgan fingerprint density at radius 1 is 1.40 bits per heavy atom. The quantitative estimate of drug-likeness (QED) is 0.877. The summed E-state index contributed by atoms with van der Waals surface area (Å²) in [4.78, 5) is 28.6. The average Bonchev–Trinajstić information content (AvgIpc) is 3.03. The number of carbonyl (C=O) groups is 2. The lowest BCUT2D eigenvalue weighted by Gasteiger charge is -2.19. The van der Waals surface area contributed by atoms with Crippen molar-refractivity contribution < 1.29 is 19.1 Å². The highest BCUT2D eigenvalue weighted by molar-refractivity contribution is 7.12. The molecule has 0 saturated carbocycles. The molecule has 1 unspecified atom stereocenters. The predicted octanol–water partition coefficient (Wildman–Crippen LogP) is 3.32. The van der Waals surface area contributed by atoms with E-state index in [4.69, 9.17) is 5.11 Å². The van der Waals surface area contributed by atoms with Gasteiger partial charge in [-0.3, -0.25) is 4.79 Å². The van der Waals surface area contributed by atoms with Gasteiger partial charge < -0.3 is 10.4 Å². The van der Waals surface area contributed by atoms with Gasteiger partial charge in [0, 0.05) is 17.5 Å². The number of halogens is 1. The van der Waals surface area contributed by atoms with Gasteiger partial charge in [-0.2, -0.15) is 0 Å². The highest BCUT2D eigenvalue weighted by atomic mass is 32.1. The van der Waals surface area contributed by atoms with Crippen LogP contribution in [0.15, 0.2) is 18.2 Å². The summed E-state index contributed by atoms with van der Waals surface area (Å²) in [7, 11) is 1.61. The Kier molecular flexibility index (Phi) is 4.94. The fourth-order valence-electron chi connectivity index (χ4n) is 2.90. The number of benzene rings is 1. The number of aromatic carboxylic acids is 1. The van der Waals surface area contributed by atoms with E-state index < -0.39 is 11.8 Å². The second-order valence-corrected chi connectivity index (χ2v) is 6.91. The third-order valence-corrected chi connectivity index (χ3v) is 5.28. The number of nitrogens with zero attached hydrogens (tertiary/aromatic N) is 1. The zero-order valence-electron chi connectivity index (χ0n) is 13.6. The molecular formula is C18H17FN2O3S. The summed E-state index contributed by atoms with van der Waals surface area (Å²) >= 11 is 1.49. The predicted molar refractivity (Wildman–Crippen MR) is 94.1 cm³/mol. The first-order chi connectivity index (χ1) is 12.0. The maximum absolute atomic E-state index is 13.9. The normalized spacial score (nSPS) is 16.6. The van der Waals surface area contributed by atoms with Gasteiger partial charge in [-0.25, -0.2) is 14.2 Å². The van der Waals surface area contributed by atoms with Gasteiger partial charge in [-0.1, -0.05) is 0 Å². The van der Waals surface area contributed by atoms with E-state index in [1.165, 1.54) is 29.5 Å². The largest absolute Gasteiger partial charge is 0.478 e. The molecule has 1 amide bonds. The summed E-state index contributed by atoms with van der Waals surface area (Å²) in [5.41, 5.74) is 1.02. The van der Waals surface area contributed by atoms with Crippen LogP contribution in [0.25, 0.3) is 12.2 Å². The minimum Gasteiger partial charge on any atom is -0.478 e.